The highest BCUT2D eigenvalue weighted by atomic mass is 35.5. The van der Waals surface area contributed by atoms with Gasteiger partial charge in [0.1, 0.15) is 11.0 Å². The van der Waals surface area contributed by atoms with Crippen molar-refractivity contribution in [3.8, 4) is 0 Å². The highest BCUT2D eigenvalue weighted by Crippen LogP contribution is 2.49. The number of carbonyl (C=O) groups excluding carboxylic acids is 1. The van der Waals surface area contributed by atoms with Crippen molar-refractivity contribution in [2.45, 2.75) is 44.6 Å². The Balaban J connectivity index is 2.45. The SMILES string of the molecule is COC(=O)C1(C(C)(O)c2ncc(Cl)cn2)CCCCC1. The Kier molecular flexibility index (Phi) is 4.30. The molecule has 1 atom stereocenters. The number of hydrogen-bond donors (Lipinski definition) is 1. The van der Waals surface area contributed by atoms with Crippen LogP contribution in [0.25, 0.3) is 0 Å². The highest BCUT2D eigenvalue weighted by molar-refractivity contribution is 6.30. The van der Waals surface area contributed by atoms with Crippen LogP contribution < -0.4 is 0 Å². The van der Waals surface area contributed by atoms with E-state index in [1.807, 2.05) is 0 Å². The average molecular weight is 299 g/mol. The smallest absolute Gasteiger partial charge is 0.315 e. The van der Waals surface area contributed by atoms with Crippen LogP contribution >= 0.6 is 11.6 Å². The third-order valence-corrected chi connectivity index (χ3v) is 4.47. The summed E-state index contributed by atoms with van der Waals surface area (Å²) in [5, 5.41) is 11.4. The zero-order valence-corrected chi connectivity index (χ0v) is 12.5. The van der Waals surface area contributed by atoms with Crippen LogP contribution in [0.1, 0.15) is 44.9 Å². The number of halogens is 1. The van der Waals surface area contributed by atoms with Crippen LogP contribution in [-0.4, -0.2) is 28.2 Å². The molecule has 1 aliphatic rings. The molecule has 1 N–H and O–H groups in total. The van der Waals surface area contributed by atoms with E-state index in [9.17, 15) is 9.90 Å². The van der Waals surface area contributed by atoms with Gasteiger partial charge in [-0.25, -0.2) is 9.97 Å². The molecule has 6 heteroatoms. The van der Waals surface area contributed by atoms with Gasteiger partial charge >= 0.3 is 5.97 Å². The van der Waals surface area contributed by atoms with Gasteiger partial charge in [0.2, 0.25) is 0 Å². The molecular weight excluding hydrogens is 280 g/mol. The fourth-order valence-corrected chi connectivity index (χ4v) is 3.12. The number of rotatable bonds is 3. The second-order valence-corrected chi connectivity index (χ2v) is 5.87. The zero-order chi connectivity index (χ0) is 14.8. The number of methoxy groups -OCH3 is 1. The summed E-state index contributed by atoms with van der Waals surface area (Å²) in [5.41, 5.74) is -2.47. The first-order valence-corrected chi connectivity index (χ1v) is 7.11. The summed E-state index contributed by atoms with van der Waals surface area (Å²) in [6, 6.07) is 0. The van der Waals surface area contributed by atoms with Crippen molar-refractivity contribution < 1.29 is 14.6 Å². The van der Waals surface area contributed by atoms with E-state index in [1.165, 1.54) is 19.5 Å². The summed E-state index contributed by atoms with van der Waals surface area (Å²) < 4.78 is 4.94. The molecule has 0 spiro atoms. The van der Waals surface area contributed by atoms with E-state index >= 15 is 0 Å². The molecule has 5 nitrogen and oxygen atoms in total. The zero-order valence-electron chi connectivity index (χ0n) is 11.7. The van der Waals surface area contributed by atoms with E-state index in [2.05, 4.69) is 9.97 Å². The second-order valence-electron chi connectivity index (χ2n) is 5.43. The van der Waals surface area contributed by atoms with Crippen molar-refractivity contribution in [3.63, 3.8) is 0 Å². The van der Waals surface area contributed by atoms with Gasteiger partial charge in [-0.1, -0.05) is 30.9 Å². The molecule has 110 valence electrons. The lowest BCUT2D eigenvalue weighted by atomic mass is 9.63. The molecule has 0 aromatic carbocycles. The van der Waals surface area contributed by atoms with Crippen LogP contribution in [0.2, 0.25) is 5.02 Å². The summed E-state index contributed by atoms with van der Waals surface area (Å²) in [6.45, 7) is 1.58. The Morgan fingerprint density at radius 3 is 2.40 bits per heavy atom. The number of esters is 1. The monoisotopic (exact) mass is 298 g/mol. The molecule has 1 aromatic heterocycles. The maximum atomic E-state index is 12.3. The quantitative estimate of drug-likeness (QED) is 0.868. The predicted molar refractivity (Wildman–Crippen MR) is 74.1 cm³/mol. The van der Waals surface area contributed by atoms with Gasteiger partial charge in [-0.3, -0.25) is 4.79 Å². The van der Waals surface area contributed by atoms with Gasteiger partial charge in [0.05, 0.1) is 12.1 Å². The normalized spacial score (nSPS) is 21.0. The molecule has 0 saturated heterocycles. The van der Waals surface area contributed by atoms with Gasteiger partial charge in [-0.15, -0.1) is 0 Å². The standard InChI is InChI=1S/C14H19ClN2O3/c1-13(19,11-16-8-10(15)9-17-11)14(12(18)20-2)6-4-3-5-7-14/h8-9,19H,3-7H2,1-2H3. The van der Waals surface area contributed by atoms with Crippen molar-refractivity contribution in [1.82, 2.24) is 9.97 Å². The third kappa shape index (κ3) is 2.40. The Morgan fingerprint density at radius 2 is 1.90 bits per heavy atom. The predicted octanol–water partition coefficient (Wildman–Crippen LogP) is 2.46. The van der Waals surface area contributed by atoms with Crippen LogP contribution in [0.4, 0.5) is 0 Å². The molecule has 1 unspecified atom stereocenters. The maximum absolute atomic E-state index is 12.3. The summed E-state index contributed by atoms with van der Waals surface area (Å²) in [4.78, 5) is 20.5. The Bertz CT molecular complexity index is 482. The molecule has 1 aliphatic carbocycles. The molecule has 1 heterocycles. The van der Waals surface area contributed by atoms with Crippen LogP contribution in [0.3, 0.4) is 0 Å². The molecule has 0 radical (unpaired) electrons. The summed E-state index contributed by atoms with van der Waals surface area (Å²) in [6.07, 6.45) is 6.78. The van der Waals surface area contributed by atoms with Crippen LogP contribution in [0.5, 0.6) is 0 Å². The molecule has 0 aliphatic heterocycles. The fourth-order valence-electron chi connectivity index (χ4n) is 3.02. The van der Waals surface area contributed by atoms with Gasteiger partial charge in [-0.05, 0) is 19.8 Å². The molecule has 0 bridgehead atoms. The summed E-state index contributed by atoms with van der Waals surface area (Å²) in [5.74, 6) is -0.199. The second kappa shape index (κ2) is 5.66. The summed E-state index contributed by atoms with van der Waals surface area (Å²) in [7, 11) is 1.34. The lowest BCUT2D eigenvalue weighted by molar-refractivity contribution is -0.179. The Morgan fingerprint density at radius 1 is 1.35 bits per heavy atom. The number of carbonyl (C=O) groups is 1. The van der Waals surface area contributed by atoms with E-state index in [-0.39, 0.29) is 5.82 Å². The first-order chi connectivity index (χ1) is 9.44. The van der Waals surface area contributed by atoms with Crippen LogP contribution in [0, 0.1) is 5.41 Å². The van der Waals surface area contributed by atoms with Crippen molar-refractivity contribution in [2.24, 2.45) is 5.41 Å². The Labute approximate surface area is 123 Å². The minimum absolute atomic E-state index is 0.203. The van der Waals surface area contributed by atoms with Crippen molar-refractivity contribution in [1.29, 1.82) is 0 Å². The molecular formula is C14H19ClN2O3. The van der Waals surface area contributed by atoms with Crippen molar-refractivity contribution >= 4 is 17.6 Å². The molecule has 1 aromatic rings. The van der Waals surface area contributed by atoms with Crippen LogP contribution in [0.15, 0.2) is 12.4 Å². The van der Waals surface area contributed by atoms with Crippen molar-refractivity contribution in [3.05, 3.63) is 23.2 Å². The third-order valence-electron chi connectivity index (χ3n) is 4.27. The van der Waals surface area contributed by atoms with Crippen LogP contribution in [-0.2, 0) is 15.1 Å². The minimum Gasteiger partial charge on any atom is -0.468 e. The number of aromatic nitrogens is 2. The lowest BCUT2D eigenvalue weighted by Crippen LogP contribution is -2.51. The first-order valence-electron chi connectivity index (χ1n) is 6.73. The molecule has 0 amide bonds. The summed E-state index contributed by atoms with van der Waals surface area (Å²) >= 11 is 5.77. The number of hydrogen-bond acceptors (Lipinski definition) is 5. The maximum Gasteiger partial charge on any atom is 0.315 e. The molecule has 1 saturated carbocycles. The number of aliphatic hydroxyl groups is 1. The van der Waals surface area contributed by atoms with Gasteiger partial charge in [0.15, 0.2) is 5.82 Å². The average Bonchev–Trinajstić information content (AvgIpc) is 2.47. The van der Waals surface area contributed by atoms with E-state index in [4.69, 9.17) is 16.3 Å². The highest BCUT2D eigenvalue weighted by Gasteiger charge is 2.56. The molecule has 2 rings (SSSR count). The van der Waals surface area contributed by atoms with Gasteiger partial charge in [-0.2, -0.15) is 0 Å². The number of ether oxygens (including phenoxy) is 1. The van der Waals surface area contributed by atoms with Gasteiger partial charge < -0.3 is 9.84 Å². The first kappa shape index (κ1) is 15.2. The van der Waals surface area contributed by atoms with E-state index in [0.717, 1.165) is 19.3 Å². The van der Waals surface area contributed by atoms with Gasteiger partial charge in [0.25, 0.3) is 0 Å². The number of nitrogens with zero attached hydrogens (tertiary/aromatic N) is 2. The topological polar surface area (TPSA) is 72.3 Å². The van der Waals surface area contributed by atoms with Gasteiger partial charge in [0, 0.05) is 12.4 Å². The minimum atomic E-state index is -1.48. The molecule has 1 fully saturated rings. The molecule has 20 heavy (non-hydrogen) atoms. The fraction of sp³-hybridized carbons (Fsp3) is 0.643. The van der Waals surface area contributed by atoms with E-state index in [0.29, 0.717) is 17.9 Å². The van der Waals surface area contributed by atoms with E-state index < -0.39 is 17.0 Å². The lowest BCUT2D eigenvalue weighted by Gasteiger charge is -2.44. The Hall–Kier alpha value is -1.20. The largest absolute Gasteiger partial charge is 0.468 e. The van der Waals surface area contributed by atoms with Crippen molar-refractivity contribution in [2.75, 3.05) is 7.11 Å². The van der Waals surface area contributed by atoms with E-state index in [1.54, 1.807) is 6.92 Å².